The van der Waals surface area contributed by atoms with Crippen LogP contribution in [0.5, 0.6) is 5.75 Å². The fourth-order valence-electron chi connectivity index (χ4n) is 3.16. The highest BCUT2D eigenvalue weighted by atomic mass is 16.5. The van der Waals surface area contributed by atoms with Crippen molar-refractivity contribution >= 4 is 12.4 Å². The SMILES string of the molecule is O=COCC(CC(=O)NCCc1ccc2c(c1)OCC2)c1ccccc1. The van der Waals surface area contributed by atoms with Crippen LogP contribution in [0.2, 0.25) is 0 Å². The van der Waals surface area contributed by atoms with Gasteiger partial charge in [-0.2, -0.15) is 0 Å². The summed E-state index contributed by atoms with van der Waals surface area (Å²) in [6, 6.07) is 15.9. The van der Waals surface area contributed by atoms with Crippen molar-refractivity contribution in [3.63, 3.8) is 0 Å². The van der Waals surface area contributed by atoms with E-state index in [0.717, 1.165) is 36.3 Å². The maximum Gasteiger partial charge on any atom is 0.293 e. The highest BCUT2D eigenvalue weighted by Gasteiger charge is 2.17. The van der Waals surface area contributed by atoms with E-state index in [4.69, 9.17) is 9.47 Å². The summed E-state index contributed by atoms with van der Waals surface area (Å²) in [6.07, 6.45) is 2.00. The van der Waals surface area contributed by atoms with Gasteiger partial charge >= 0.3 is 0 Å². The first-order chi connectivity index (χ1) is 12.8. The van der Waals surface area contributed by atoms with Crippen LogP contribution in [0.1, 0.15) is 29.0 Å². The zero-order chi connectivity index (χ0) is 18.2. The first kappa shape index (κ1) is 18.0. The summed E-state index contributed by atoms with van der Waals surface area (Å²) < 4.78 is 10.5. The number of hydrogen-bond acceptors (Lipinski definition) is 4. The smallest absolute Gasteiger partial charge is 0.293 e. The summed E-state index contributed by atoms with van der Waals surface area (Å²) >= 11 is 0. The summed E-state index contributed by atoms with van der Waals surface area (Å²) in [5.41, 5.74) is 3.38. The van der Waals surface area contributed by atoms with Gasteiger partial charge in [0, 0.05) is 25.3 Å². The van der Waals surface area contributed by atoms with E-state index < -0.39 is 0 Å². The van der Waals surface area contributed by atoms with Gasteiger partial charge in [0.15, 0.2) is 0 Å². The lowest BCUT2D eigenvalue weighted by Crippen LogP contribution is -2.28. The average molecular weight is 353 g/mol. The number of hydrogen-bond donors (Lipinski definition) is 1. The molecule has 1 aliphatic rings. The number of rotatable bonds is 9. The number of amides is 1. The number of carbonyl (C=O) groups is 2. The van der Waals surface area contributed by atoms with Crippen LogP contribution in [-0.2, 0) is 27.2 Å². The second-order valence-corrected chi connectivity index (χ2v) is 6.38. The molecule has 1 aliphatic heterocycles. The van der Waals surface area contributed by atoms with E-state index in [9.17, 15) is 9.59 Å². The third-order valence-electron chi connectivity index (χ3n) is 4.56. The average Bonchev–Trinajstić information content (AvgIpc) is 3.13. The minimum absolute atomic E-state index is 0.0502. The zero-order valence-corrected chi connectivity index (χ0v) is 14.6. The Labute approximate surface area is 153 Å². The summed E-state index contributed by atoms with van der Waals surface area (Å²) in [5.74, 6) is 0.768. The fourth-order valence-corrected chi connectivity index (χ4v) is 3.16. The van der Waals surface area contributed by atoms with E-state index in [1.54, 1.807) is 0 Å². The normalized spacial score (nSPS) is 13.4. The summed E-state index contributed by atoms with van der Waals surface area (Å²) in [7, 11) is 0. The molecule has 0 bridgehead atoms. The number of nitrogens with one attached hydrogen (secondary N) is 1. The van der Waals surface area contributed by atoms with Crippen LogP contribution < -0.4 is 10.1 Å². The van der Waals surface area contributed by atoms with Gasteiger partial charge in [-0.3, -0.25) is 9.59 Å². The van der Waals surface area contributed by atoms with Gasteiger partial charge in [-0.25, -0.2) is 0 Å². The Kier molecular flexibility index (Phi) is 6.25. The first-order valence-electron chi connectivity index (χ1n) is 8.88. The highest BCUT2D eigenvalue weighted by Crippen LogP contribution is 2.26. The Bertz CT molecular complexity index is 745. The van der Waals surface area contributed by atoms with Crippen molar-refractivity contribution in [2.75, 3.05) is 19.8 Å². The van der Waals surface area contributed by atoms with Crippen LogP contribution in [0.4, 0.5) is 0 Å². The van der Waals surface area contributed by atoms with Crippen LogP contribution in [0.25, 0.3) is 0 Å². The molecule has 26 heavy (non-hydrogen) atoms. The lowest BCUT2D eigenvalue weighted by atomic mass is 9.96. The van der Waals surface area contributed by atoms with Gasteiger partial charge in [-0.15, -0.1) is 0 Å². The molecule has 1 unspecified atom stereocenters. The summed E-state index contributed by atoms with van der Waals surface area (Å²) in [5, 5.41) is 2.95. The second kappa shape index (κ2) is 9.04. The van der Waals surface area contributed by atoms with E-state index in [0.29, 0.717) is 13.0 Å². The molecule has 0 fully saturated rings. The topological polar surface area (TPSA) is 64.6 Å². The molecule has 0 spiro atoms. The van der Waals surface area contributed by atoms with Gasteiger partial charge < -0.3 is 14.8 Å². The summed E-state index contributed by atoms with van der Waals surface area (Å²) in [6.45, 7) is 1.93. The lowest BCUT2D eigenvalue weighted by Gasteiger charge is -2.16. The number of ether oxygens (including phenoxy) is 2. The maximum absolute atomic E-state index is 12.3. The Morgan fingerprint density at radius 2 is 2.08 bits per heavy atom. The molecule has 1 amide bonds. The van der Waals surface area contributed by atoms with Crippen molar-refractivity contribution in [2.45, 2.75) is 25.2 Å². The molecule has 0 aliphatic carbocycles. The standard InChI is InChI=1S/C21H23NO4/c23-15-25-14-19(17-4-2-1-3-5-17)13-21(24)22-10-8-16-6-7-18-9-11-26-20(18)12-16/h1-7,12,15,19H,8-11,13-14H2,(H,22,24). The Morgan fingerprint density at radius 3 is 2.88 bits per heavy atom. The molecular formula is C21H23NO4. The molecule has 136 valence electrons. The second-order valence-electron chi connectivity index (χ2n) is 6.38. The highest BCUT2D eigenvalue weighted by molar-refractivity contribution is 5.77. The monoisotopic (exact) mass is 353 g/mol. The molecule has 5 nitrogen and oxygen atoms in total. The first-order valence-corrected chi connectivity index (χ1v) is 8.88. The molecule has 2 aromatic carbocycles. The summed E-state index contributed by atoms with van der Waals surface area (Å²) in [4.78, 5) is 22.8. The molecular weight excluding hydrogens is 330 g/mol. The van der Waals surface area contributed by atoms with E-state index in [1.165, 1.54) is 5.56 Å². The Hall–Kier alpha value is -2.82. The van der Waals surface area contributed by atoms with Gasteiger partial charge in [-0.05, 0) is 29.2 Å². The molecule has 0 radical (unpaired) electrons. The van der Waals surface area contributed by atoms with Gasteiger partial charge in [0.05, 0.1) is 13.2 Å². The Morgan fingerprint density at radius 1 is 1.23 bits per heavy atom. The van der Waals surface area contributed by atoms with Crippen molar-refractivity contribution in [3.8, 4) is 5.75 Å². The minimum Gasteiger partial charge on any atom is -0.493 e. The van der Waals surface area contributed by atoms with E-state index >= 15 is 0 Å². The van der Waals surface area contributed by atoms with Crippen molar-refractivity contribution < 1.29 is 19.1 Å². The molecule has 0 saturated carbocycles. The molecule has 1 N–H and O–H groups in total. The number of fused-ring (bicyclic) bond motifs is 1. The fraction of sp³-hybridized carbons (Fsp3) is 0.333. The Balaban J connectivity index is 1.49. The predicted molar refractivity (Wildman–Crippen MR) is 98.2 cm³/mol. The van der Waals surface area contributed by atoms with Gasteiger partial charge in [0.2, 0.25) is 5.91 Å². The van der Waals surface area contributed by atoms with E-state index in [2.05, 4.69) is 23.5 Å². The van der Waals surface area contributed by atoms with Crippen LogP contribution in [-0.4, -0.2) is 32.1 Å². The van der Waals surface area contributed by atoms with Crippen LogP contribution >= 0.6 is 0 Å². The number of benzene rings is 2. The predicted octanol–water partition coefficient (Wildman–Crippen LogP) is 2.63. The minimum atomic E-state index is -0.144. The van der Waals surface area contributed by atoms with Gasteiger partial charge in [-0.1, -0.05) is 42.5 Å². The van der Waals surface area contributed by atoms with E-state index in [1.807, 2.05) is 30.3 Å². The van der Waals surface area contributed by atoms with Gasteiger partial charge in [0.1, 0.15) is 5.75 Å². The van der Waals surface area contributed by atoms with E-state index in [-0.39, 0.29) is 24.9 Å². The van der Waals surface area contributed by atoms with Crippen LogP contribution in [0, 0.1) is 0 Å². The third kappa shape index (κ3) is 4.85. The van der Waals surface area contributed by atoms with Crippen molar-refractivity contribution in [2.24, 2.45) is 0 Å². The molecule has 0 aromatic heterocycles. The lowest BCUT2D eigenvalue weighted by molar-refractivity contribution is -0.130. The molecule has 1 heterocycles. The van der Waals surface area contributed by atoms with Crippen molar-refractivity contribution in [1.29, 1.82) is 0 Å². The molecule has 3 rings (SSSR count). The van der Waals surface area contributed by atoms with Crippen LogP contribution in [0.15, 0.2) is 48.5 Å². The third-order valence-corrected chi connectivity index (χ3v) is 4.56. The molecule has 1 atom stereocenters. The number of carbonyl (C=O) groups excluding carboxylic acids is 2. The zero-order valence-electron chi connectivity index (χ0n) is 14.6. The maximum atomic E-state index is 12.3. The molecule has 2 aromatic rings. The molecule has 0 saturated heterocycles. The van der Waals surface area contributed by atoms with Crippen LogP contribution in [0.3, 0.4) is 0 Å². The van der Waals surface area contributed by atoms with Crippen molar-refractivity contribution in [3.05, 3.63) is 65.2 Å². The molecule has 5 heteroatoms. The quantitative estimate of drug-likeness (QED) is 0.704. The van der Waals surface area contributed by atoms with Crippen molar-refractivity contribution in [1.82, 2.24) is 5.32 Å². The largest absolute Gasteiger partial charge is 0.493 e. The van der Waals surface area contributed by atoms with Gasteiger partial charge in [0.25, 0.3) is 6.47 Å².